The Morgan fingerprint density at radius 1 is 1.21 bits per heavy atom. The second-order valence-electron chi connectivity index (χ2n) is 5.46. The van der Waals surface area contributed by atoms with E-state index in [1.54, 1.807) is 35.1 Å². The fourth-order valence-electron chi connectivity index (χ4n) is 2.66. The Morgan fingerprint density at radius 3 is 2.71 bits per heavy atom. The highest BCUT2D eigenvalue weighted by molar-refractivity contribution is 5.91. The third-order valence-corrected chi connectivity index (χ3v) is 3.96. The molecule has 24 heavy (non-hydrogen) atoms. The molecule has 0 atom stereocenters. The maximum atomic E-state index is 12.3. The second kappa shape index (κ2) is 7.16. The number of hydrogen-bond acceptors (Lipinski definition) is 4. The van der Waals surface area contributed by atoms with Crippen molar-refractivity contribution in [3.8, 4) is 0 Å². The number of carbonyl (C=O) groups excluding carboxylic acids is 2. The minimum atomic E-state index is -0.314. The Labute approximate surface area is 140 Å². The maximum absolute atomic E-state index is 12.3. The number of ether oxygens (including phenoxy) is 1. The molecule has 7 nitrogen and oxygen atoms in total. The number of nitrogens with zero attached hydrogens (tertiary/aromatic N) is 4. The molecule has 3 heterocycles. The van der Waals surface area contributed by atoms with Crippen molar-refractivity contribution in [1.29, 1.82) is 0 Å². The van der Waals surface area contributed by atoms with E-state index >= 15 is 0 Å². The third kappa shape index (κ3) is 3.40. The summed E-state index contributed by atoms with van der Waals surface area (Å²) in [5.74, 6) is -0.0654. The van der Waals surface area contributed by atoms with Crippen LogP contribution in [0.5, 0.6) is 0 Å². The summed E-state index contributed by atoms with van der Waals surface area (Å²) in [6, 6.07) is 5.75. The van der Waals surface area contributed by atoms with Gasteiger partial charge in [-0.15, -0.1) is 0 Å². The molecule has 0 bridgehead atoms. The minimum Gasteiger partial charge on any atom is -0.450 e. The first kappa shape index (κ1) is 16.0. The largest absolute Gasteiger partial charge is 0.450 e. The molecule has 2 amide bonds. The molecule has 1 aliphatic rings. The van der Waals surface area contributed by atoms with Gasteiger partial charge in [0.1, 0.15) is 5.65 Å². The Morgan fingerprint density at radius 2 is 1.96 bits per heavy atom. The van der Waals surface area contributed by atoms with E-state index in [1.807, 2.05) is 28.8 Å². The standard InChI is InChI=1S/C17H20N4O3/c1-2-24-17(23)20-11-9-19(10-12-20)16(22)7-6-14-13-18-15-5-3-4-8-21(14)15/h3-8,13H,2,9-12H2,1H3/b7-6+. The Hall–Kier alpha value is -2.83. The number of hydrogen-bond donors (Lipinski definition) is 0. The van der Waals surface area contributed by atoms with Gasteiger partial charge in [-0.1, -0.05) is 6.07 Å². The van der Waals surface area contributed by atoms with E-state index in [0.29, 0.717) is 32.8 Å². The summed E-state index contributed by atoms with van der Waals surface area (Å²) >= 11 is 0. The third-order valence-electron chi connectivity index (χ3n) is 3.96. The molecule has 0 N–H and O–H groups in total. The fraction of sp³-hybridized carbons (Fsp3) is 0.353. The summed E-state index contributed by atoms with van der Waals surface area (Å²) in [5.41, 5.74) is 1.69. The predicted octanol–water partition coefficient (Wildman–Crippen LogP) is 1.65. The van der Waals surface area contributed by atoms with Crippen molar-refractivity contribution in [2.45, 2.75) is 6.92 Å². The molecule has 2 aromatic rings. The molecule has 0 aliphatic carbocycles. The molecular formula is C17H20N4O3. The molecule has 0 saturated carbocycles. The molecule has 0 spiro atoms. The number of imidazole rings is 1. The highest BCUT2D eigenvalue weighted by Gasteiger charge is 2.23. The van der Waals surface area contributed by atoms with E-state index in [9.17, 15) is 9.59 Å². The zero-order chi connectivity index (χ0) is 16.9. The van der Waals surface area contributed by atoms with Crippen molar-refractivity contribution >= 4 is 23.7 Å². The van der Waals surface area contributed by atoms with E-state index in [-0.39, 0.29) is 12.0 Å². The summed E-state index contributed by atoms with van der Waals surface area (Å²) in [5, 5.41) is 0. The molecule has 0 unspecified atom stereocenters. The zero-order valence-corrected chi connectivity index (χ0v) is 13.6. The average Bonchev–Trinajstić information content (AvgIpc) is 3.03. The molecule has 1 aliphatic heterocycles. The van der Waals surface area contributed by atoms with Crippen LogP contribution in [0.2, 0.25) is 0 Å². The SMILES string of the molecule is CCOC(=O)N1CCN(C(=O)/C=C/c2cnc3ccccn23)CC1. The normalized spacial score (nSPS) is 15.2. The van der Waals surface area contributed by atoms with Gasteiger partial charge >= 0.3 is 6.09 Å². The van der Waals surface area contributed by atoms with Crippen molar-refractivity contribution < 1.29 is 14.3 Å². The first-order valence-corrected chi connectivity index (χ1v) is 8.00. The van der Waals surface area contributed by atoms with Crippen molar-refractivity contribution in [3.63, 3.8) is 0 Å². The molecule has 1 fully saturated rings. The van der Waals surface area contributed by atoms with Crippen LogP contribution in [0, 0.1) is 0 Å². The zero-order valence-electron chi connectivity index (χ0n) is 13.6. The van der Waals surface area contributed by atoms with Crippen LogP contribution in [0.25, 0.3) is 11.7 Å². The number of aromatic nitrogens is 2. The molecule has 3 rings (SSSR count). The second-order valence-corrected chi connectivity index (χ2v) is 5.46. The van der Waals surface area contributed by atoms with E-state index in [4.69, 9.17) is 4.74 Å². The molecule has 0 aromatic carbocycles. The van der Waals surface area contributed by atoms with Gasteiger partial charge in [0.2, 0.25) is 5.91 Å². The van der Waals surface area contributed by atoms with Gasteiger partial charge < -0.3 is 18.9 Å². The van der Waals surface area contributed by atoms with Crippen LogP contribution in [-0.2, 0) is 9.53 Å². The van der Waals surface area contributed by atoms with Gasteiger partial charge in [-0.3, -0.25) is 4.79 Å². The molecule has 1 saturated heterocycles. The number of piperazine rings is 1. The van der Waals surface area contributed by atoms with Crippen molar-refractivity contribution in [3.05, 3.63) is 42.4 Å². The summed E-state index contributed by atoms with van der Waals surface area (Å²) in [6.07, 6.45) is 6.64. The fourth-order valence-corrected chi connectivity index (χ4v) is 2.66. The quantitative estimate of drug-likeness (QED) is 0.804. The lowest BCUT2D eigenvalue weighted by Gasteiger charge is -2.33. The Bertz CT molecular complexity index is 760. The first-order chi connectivity index (χ1) is 11.7. The van der Waals surface area contributed by atoms with Crippen LogP contribution < -0.4 is 0 Å². The molecule has 7 heteroatoms. The Kier molecular flexibility index (Phi) is 4.79. The summed E-state index contributed by atoms with van der Waals surface area (Å²) in [4.78, 5) is 31.6. The van der Waals surface area contributed by atoms with Crippen LogP contribution in [0.1, 0.15) is 12.6 Å². The minimum absolute atomic E-state index is 0.0654. The summed E-state index contributed by atoms with van der Waals surface area (Å²) in [6.45, 7) is 4.15. The van der Waals surface area contributed by atoms with Gasteiger partial charge in [0.15, 0.2) is 0 Å². The average molecular weight is 328 g/mol. The van der Waals surface area contributed by atoms with Crippen molar-refractivity contribution in [1.82, 2.24) is 19.2 Å². The number of rotatable bonds is 3. The van der Waals surface area contributed by atoms with Crippen LogP contribution in [-0.4, -0.2) is 64.0 Å². The lowest BCUT2D eigenvalue weighted by Crippen LogP contribution is -2.50. The van der Waals surface area contributed by atoms with Gasteiger partial charge in [-0.2, -0.15) is 0 Å². The van der Waals surface area contributed by atoms with Crippen molar-refractivity contribution in [2.75, 3.05) is 32.8 Å². The molecular weight excluding hydrogens is 308 g/mol. The molecule has 126 valence electrons. The predicted molar refractivity (Wildman–Crippen MR) is 89.4 cm³/mol. The van der Waals surface area contributed by atoms with Gasteiger partial charge in [0.05, 0.1) is 18.5 Å². The lowest BCUT2D eigenvalue weighted by atomic mass is 10.3. The first-order valence-electron chi connectivity index (χ1n) is 8.00. The Balaban J connectivity index is 1.59. The van der Waals surface area contributed by atoms with E-state index < -0.39 is 0 Å². The van der Waals surface area contributed by atoms with Crippen LogP contribution in [0.4, 0.5) is 4.79 Å². The van der Waals surface area contributed by atoms with Crippen LogP contribution >= 0.6 is 0 Å². The van der Waals surface area contributed by atoms with E-state index in [2.05, 4.69) is 4.98 Å². The smallest absolute Gasteiger partial charge is 0.409 e. The maximum Gasteiger partial charge on any atom is 0.409 e. The van der Waals surface area contributed by atoms with Gasteiger partial charge in [0.25, 0.3) is 0 Å². The van der Waals surface area contributed by atoms with Gasteiger partial charge in [0, 0.05) is 38.5 Å². The summed E-state index contributed by atoms with van der Waals surface area (Å²) in [7, 11) is 0. The van der Waals surface area contributed by atoms with Crippen LogP contribution in [0.15, 0.2) is 36.7 Å². The summed E-state index contributed by atoms with van der Waals surface area (Å²) < 4.78 is 6.89. The highest BCUT2D eigenvalue weighted by Crippen LogP contribution is 2.09. The van der Waals surface area contributed by atoms with Gasteiger partial charge in [-0.25, -0.2) is 9.78 Å². The highest BCUT2D eigenvalue weighted by atomic mass is 16.6. The van der Waals surface area contributed by atoms with Gasteiger partial charge in [-0.05, 0) is 25.1 Å². The number of carbonyl (C=O) groups is 2. The van der Waals surface area contributed by atoms with E-state index in [1.165, 1.54) is 0 Å². The number of fused-ring (bicyclic) bond motifs is 1. The monoisotopic (exact) mass is 328 g/mol. The number of pyridine rings is 1. The van der Waals surface area contributed by atoms with E-state index in [0.717, 1.165) is 11.3 Å². The topological polar surface area (TPSA) is 67.2 Å². The number of amides is 2. The lowest BCUT2D eigenvalue weighted by molar-refractivity contribution is -0.127. The molecule has 0 radical (unpaired) electrons. The van der Waals surface area contributed by atoms with Crippen molar-refractivity contribution in [2.24, 2.45) is 0 Å². The molecule has 2 aromatic heterocycles. The van der Waals surface area contributed by atoms with Crippen LogP contribution in [0.3, 0.4) is 0 Å².